The molecule has 3 nitrogen and oxygen atoms in total. The fraction of sp³-hybridized carbons (Fsp3) is 0.800. The van der Waals surface area contributed by atoms with E-state index in [4.69, 9.17) is 0 Å². The van der Waals surface area contributed by atoms with E-state index < -0.39 is 0 Å². The predicted octanol–water partition coefficient (Wildman–Crippen LogP) is 3.52. The maximum Gasteiger partial charge on any atom is 0.0951 e. The molecule has 18 heavy (non-hydrogen) atoms. The molecule has 1 aromatic heterocycles. The summed E-state index contributed by atoms with van der Waals surface area (Å²) in [5.74, 6) is 0.845. The van der Waals surface area contributed by atoms with Crippen LogP contribution < -0.4 is 5.32 Å². The van der Waals surface area contributed by atoms with Gasteiger partial charge in [-0.05, 0) is 38.6 Å². The monoisotopic (exact) mass is 249 g/mol. The van der Waals surface area contributed by atoms with Crippen molar-refractivity contribution in [2.45, 2.75) is 65.0 Å². The normalized spacial score (nSPS) is 19.0. The van der Waals surface area contributed by atoms with Gasteiger partial charge in [-0.1, -0.05) is 26.2 Å². The van der Waals surface area contributed by atoms with Gasteiger partial charge < -0.3 is 9.88 Å². The Hall–Kier alpha value is -0.830. The molecule has 1 aromatic rings. The smallest absolute Gasteiger partial charge is 0.0951 e. The van der Waals surface area contributed by atoms with Crippen LogP contribution in [0.2, 0.25) is 0 Å². The number of hydrogen-bond acceptors (Lipinski definition) is 2. The minimum Gasteiger partial charge on any atom is -0.330 e. The van der Waals surface area contributed by atoms with E-state index in [9.17, 15) is 0 Å². The molecule has 1 atom stereocenters. The third-order valence-electron chi connectivity index (χ3n) is 4.25. The highest BCUT2D eigenvalue weighted by Gasteiger charge is 2.22. The summed E-state index contributed by atoms with van der Waals surface area (Å²) in [4.78, 5) is 4.34. The average molecular weight is 249 g/mol. The van der Waals surface area contributed by atoms with Crippen molar-refractivity contribution >= 4 is 0 Å². The van der Waals surface area contributed by atoms with Crippen molar-refractivity contribution in [2.24, 2.45) is 5.92 Å². The van der Waals surface area contributed by atoms with Crippen LogP contribution in [0.1, 0.15) is 64.1 Å². The van der Waals surface area contributed by atoms with Crippen LogP contribution in [0.5, 0.6) is 0 Å². The van der Waals surface area contributed by atoms with Gasteiger partial charge in [0.15, 0.2) is 0 Å². The summed E-state index contributed by atoms with van der Waals surface area (Å²) in [5.41, 5.74) is 1.33. The molecule has 1 saturated carbocycles. The molecular formula is C15H27N3. The van der Waals surface area contributed by atoms with E-state index in [1.165, 1.54) is 44.2 Å². The summed E-state index contributed by atoms with van der Waals surface area (Å²) in [7, 11) is 0. The van der Waals surface area contributed by atoms with Crippen LogP contribution in [0.25, 0.3) is 0 Å². The number of imidazole rings is 1. The number of nitrogens with one attached hydrogen (secondary N) is 1. The molecule has 2 rings (SSSR count). The maximum atomic E-state index is 4.34. The van der Waals surface area contributed by atoms with Crippen LogP contribution in [0.4, 0.5) is 0 Å². The van der Waals surface area contributed by atoms with Crippen LogP contribution in [0.15, 0.2) is 12.5 Å². The number of aromatic nitrogens is 2. The van der Waals surface area contributed by atoms with E-state index in [1.807, 2.05) is 12.5 Å². The molecule has 1 N–H and O–H groups in total. The Kier molecular flexibility index (Phi) is 5.24. The first kappa shape index (κ1) is 13.6. The van der Waals surface area contributed by atoms with Crippen molar-refractivity contribution in [1.29, 1.82) is 0 Å². The van der Waals surface area contributed by atoms with Gasteiger partial charge in [0.25, 0.3) is 0 Å². The van der Waals surface area contributed by atoms with Gasteiger partial charge in [0.05, 0.1) is 12.0 Å². The summed E-state index contributed by atoms with van der Waals surface area (Å²) >= 11 is 0. The number of rotatable bonds is 6. The zero-order valence-electron chi connectivity index (χ0n) is 11.9. The maximum absolute atomic E-state index is 4.34. The summed E-state index contributed by atoms with van der Waals surface area (Å²) in [6, 6.07) is 0.603. The summed E-state index contributed by atoms with van der Waals surface area (Å²) in [5, 5.41) is 3.47. The number of hydrogen-bond donors (Lipinski definition) is 1. The molecule has 1 fully saturated rings. The Morgan fingerprint density at radius 3 is 2.89 bits per heavy atom. The second kappa shape index (κ2) is 6.93. The molecule has 0 saturated heterocycles. The molecule has 0 amide bonds. The molecule has 1 aliphatic carbocycles. The molecule has 1 unspecified atom stereocenters. The van der Waals surface area contributed by atoms with Crippen molar-refractivity contribution in [3.8, 4) is 0 Å². The summed E-state index contributed by atoms with van der Waals surface area (Å²) in [6.07, 6.45) is 12.2. The van der Waals surface area contributed by atoms with Crippen molar-refractivity contribution in [1.82, 2.24) is 14.9 Å². The standard InChI is InChI=1S/C15H27N3/c1-3-9-16-10-15-11-17-12-18(15)13(2)14-7-5-4-6-8-14/h11-14,16H,3-10H2,1-2H3. The molecule has 102 valence electrons. The predicted molar refractivity (Wildman–Crippen MR) is 75.5 cm³/mol. The van der Waals surface area contributed by atoms with Crippen molar-refractivity contribution in [3.05, 3.63) is 18.2 Å². The molecule has 3 heteroatoms. The Morgan fingerprint density at radius 2 is 2.17 bits per heavy atom. The molecule has 0 aromatic carbocycles. The molecule has 1 heterocycles. The highest BCUT2D eigenvalue weighted by atomic mass is 15.1. The van der Waals surface area contributed by atoms with Crippen LogP contribution in [-0.4, -0.2) is 16.1 Å². The second-order valence-corrected chi connectivity index (χ2v) is 5.61. The highest BCUT2D eigenvalue weighted by Crippen LogP contribution is 2.33. The van der Waals surface area contributed by atoms with Crippen LogP contribution in [0, 0.1) is 5.92 Å². The lowest BCUT2D eigenvalue weighted by Gasteiger charge is -2.29. The molecule has 0 bridgehead atoms. The average Bonchev–Trinajstić information content (AvgIpc) is 2.88. The summed E-state index contributed by atoms with van der Waals surface area (Å²) in [6.45, 7) is 6.60. The Bertz CT molecular complexity index is 339. The SMILES string of the molecule is CCCNCc1cncn1C(C)C1CCCCC1. The van der Waals surface area contributed by atoms with Crippen LogP contribution in [-0.2, 0) is 6.54 Å². The molecule has 0 radical (unpaired) electrons. The van der Waals surface area contributed by atoms with Gasteiger partial charge in [-0.3, -0.25) is 0 Å². The largest absolute Gasteiger partial charge is 0.330 e. The van der Waals surface area contributed by atoms with Gasteiger partial charge in [0.2, 0.25) is 0 Å². The Labute approximate surface area is 111 Å². The van der Waals surface area contributed by atoms with E-state index >= 15 is 0 Å². The molecule has 0 aliphatic heterocycles. The first-order valence-electron chi connectivity index (χ1n) is 7.54. The van der Waals surface area contributed by atoms with Gasteiger partial charge in [0.1, 0.15) is 0 Å². The zero-order valence-corrected chi connectivity index (χ0v) is 11.9. The highest BCUT2D eigenvalue weighted by molar-refractivity contribution is 5.00. The minimum absolute atomic E-state index is 0.603. The Morgan fingerprint density at radius 1 is 1.39 bits per heavy atom. The Balaban J connectivity index is 1.96. The fourth-order valence-electron chi connectivity index (χ4n) is 3.07. The first-order chi connectivity index (χ1) is 8.83. The molecular weight excluding hydrogens is 222 g/mol. The molecule has 0 spiro atoms. The lowest BCUT2D eigenvalue weighted by atomic mass is 9.84. The third kappa shape index (κ3) is 3.35. The lowest BCUT2D eigenvalue weighted by Crippen LogP contribution is -2.23. The topological polar surface area (TPSA) is 29.9 Å². The lowest BCUT2D eigenvalue weighted by molar-refractivity contribution is 0.260. The van der Waals surface area contributed by atoms with Gasteiger partial charge in [-0.25, -0.2) is 4.98 Å². The van der Waals surface area contributed by atoms with E-state index in [-0.39, 0.29) is 0 Å². The van der Waals surface area contributed by atoms with Gasteiger partial charge in [0, 0.05) is 18.8 Å². The zero-order chi connectivity index (χ0) is 12.8. The van der Waals surface area contributed by atoms with Crippen molar-refractivity contribution in [2.75, 3.05) is 6.54 Å². The van der Waals surface area contributed by atoms with Gasteiger partial charge >= 0.3 is 0 Å². The van der Waals surface area contributed by atoms with Crippen LogP contribution in [0.3, 0.4) is 0 Å². The van der Waals surface area contributed by atoms with Crippen molar-refractivity contribution in [3.63, 3.8) is 0 Å². The second-order valence-electron chi connectivity index (χ2n) is 5.61. The van der Waals surface area contributed by atoms with E-state index in [2.05, 4.69) is 28.7 Å². The molecule has 1 aliphatic rings. The van der Waals surface area contributed by atoms with E-state index in [0.717, 1.165) is 19.0 Å². The van der Waals surface area contributed by atoms with E-state index in [1.54, 1.807) is 0 Å². The quantitative estimate of drug-likeness (QED) is 0.782. The van der Waals surface area contributed by atoms with E-state index in [0.29, 0.717) is 6.04 Å². The first-order valence-corrected chi connectivity index (χ1v) is 7.54. The third-order valence-corrected chi connectivity index (χ3v) is 4.25. The van der Waals surface area contributed by atoms with Gasteiger partial charge in [-0.2, -0.15) is 0 Å². The number of nitrogens with zero attached hydrogens (tertiary/aromatic N) is 2. The summed E-state index contributed by atoms with van der Waals surface area (Å²) < 4.78 is 2.39. The van der Waals surface area contributed by atoms with Crippen molar-refractivity contribution < 1.29 is 0 Å². The van der Waals surface area contributed by atoms with Crippen LogP contribution >= 0.6 is 0 Å². The minimum atomic E-state index is 0.603. The van der Waals surface area contributed by atoms with Gasteiger partial charge in [-0.15, -0.1) is 0 Å². The fourth-order valence-corrected chi connectivity index (χ4v) is 3.07.